The molecule has 1 atom stereocenters. The number of halogens is 1. The highest BCUT2D eigenvalue weighted by Gasteiger charge is 2.10. The van der Waals surface area contributed by atoms with Crippen molar-refractivity contribution in [2.45, 2.75) is 26.1 Å². The van der Waals surface area contributed by atoms with Gasteiger partial charge < -0.3 is 14.8 Å². The number of nitrogens with one attached hydrogen (secondary N) is 1. The summed E-state index contributed by atoms with van der Waals surface area (Å²) >= 11 is 0. The Balaban J connectivity index is 1.96. The van der Waals surface area contributed by atoms with E-state index in [-0.39, 0.29) is 18.5 Å². The zero-order chi connectivity index (χ0) is 13.0. The highest BCUT2D eigenvalue weighted by Crippen LogP contribution is 2.17. The Morgan fingerprint density at radius 1 is 1.22 bits per heavy atom. The average Bonchev–Trinajstić information content (AvgIpc) is 2.84. The molecule has 4 heteroatoms. The normalized spacial score (nSPS) is 12.6. The average molecular weight is 249 g/mol. The number of aliphatic hydroxyl groups excluding tert-OH is 1. The van der Waals surface area contributed by atoms with Gasteiger partial charge in [-0.2, -0.15) is 0 Å². The van der Waals surface area contributed by atoms with Crippen LogP contribution in [-0.2, 0) is 13.2 Å². The lowest BCUT2D eigenvalue weighted by Gasteiger charge is -2.13. The third-order valence-electron chi connectivity index (χ3n) is 2.83. The maximum Gasteiger partial charge on any atom is 0.129 e. The summed E-state index contributed by atoms with van der Waals surface area (Å²) in [4.78, 5) is 0. The van der Waals surface area contributed by atoms with Crippen LogP contribution in [0.1, 0.15) is 30.0 Å². The summed E-state index contributed by atoms with van der Waals surface area (Å²) in [5.74, 6) is 1.04. The van der Waals surface area contributed by atoms with Crippen molar-refractivity contribution in [3.05, 3.63) is 59.3 Å². The predicted octanol–water partition coefficient (Wildman–Crippen LogP) is 2.76. The van der Waals surface area contributed by atoms with Gasteiger partial charge in [-0.15, -0.1) is 0 Å². The van der Waals surface area contributed by atoms with Crippen molar-refractivity contribution in [3.63, 3.8) is 0 Å². The van der Waals surface area contributed by atoms with Gasteiger partial charge in [0.2, 0.25) is 0 Å². The maximum absolute atomic E-state index is 13.5. The molecule has 1 aromatic heterocycles. The lowest BCUT2D eigenvalue weighted by atomic mass is 10.1. The van der Waals surface area contributed by atoms with E-state index in [2.05, 4.69) is 5.32 Å². The molecule has 0 fully saturated rings. The van der Waals surface area contributed by atoms with E-state index in [1.165, 1.54) is 6.07 Å². The molecule has 2 aromatic rings. The molecule has 0 aliphatic carbocycles. The summed E-state index contributed by atoms with van der Waals surface area (Å²) < 4.78 is 18.9. The van der Waals surface area contributed by atoms with Crippen LogP contribution in [0.15, 0.2) is 40.8 Å². The van der Waals surface area contributed by atoms with E-state index in [9.17, 15) is 4.39 Å². The van der Waals surface area contributed by atoms with Crippen LogP contribution >= 0.6 is 0 Å². The maximum atomic E-state index is 13.5. The van der Waals surface area contributed by atoms with Gasteiger partial charge in [0.05, 0.1) is 6.54 Å². The molecule has 2 rings (SSSR count). The van der Waals surface area contributed by atoms with Gasteiger partial charge in [-0.25, -0.2) is 4.39 Å². The molecule has 1 aromatic carbocycles. The lowest BCUT2D eigenvalue weighted by molar-refractivity contribution is 0.242. The van der Waals surface area contributed by atoms with Crippen molar-refractivity contribution in [3.8, 4) is 0 Å². The molecule has 0 aliphatic rings. The SMILES string of the molecule is CC(NCc1ccc(CO)o1)c1ccccc1F. The molecule has 0 bridgehead atoms. The van der Waals surface area contributed by atoms with Gasteiger partial charge in [-0.1, -0.05) is 18.2 Å². The second kappa shape index (κ2) is 5.80. The summed E-state index contributed by atoms with van der Waals surface area (Å²) in [5.41, 5.74) is 0.631. The second-order valence-corrected chi connectivity index (χ2v) is 4.15. The monoisotopic (exact) mass is 249 g/mol. The molecule has 0 saturated heterocycles. The molecule has 0 spiro atoms. The minimum Gasteiger partial charge on any atom is -0.462 e. The van der Waals surface area contributed by atoms with E-state index in [1.807, 2.05) is 13.0 Å². The number of rotatable bonds is 5. The summed E-state index contributed by atoms with van der Waals surface area (Å²) in [7, 11) is 0. The van der Waals surface area contributed by atoms with Crippen molar-refractivity contribution in [1.29, 1.82) is 0 Å². The Bertz CT molecular complexity index is 510. The lowest BCUT2D eigenvalue weighted by Crippen LogP contribution is -2.18. The highest BCUT2D eigenvalue weighted by atomic mass is 19.1. The number of hydrogen-bond acceptors (Lipinski definition) is 3. The summed E-state index contributed by atoms with van der Waals surface area (Å²) in [6, 6.07) is 10.1. The molecule has 18 heavy (non-hydrogen) atoms. The van der Waals surface area contributed by atoms with Gasteiger partial charge >= 0.3 is 0 Å². The first kappa shape index (κ1) is 12.8. The van der Waals surface area contributed by atoms with Crippen LogP contribution < -0.4 is 5.32 Å². The predicted molar refractivity (Wildman–Crippen MR) is 66.3 cm³/mol. The minimum atomic E-state index is -0.215. The van der Waals surface area contributed by atoms with Gasteiger partial charge in [0.15, 0.2) is 0 Å². The third-order valence-corrected chi connectivity index (χ3v) is 2.83. The van der Waals surface area contributed by atoms with E-state index < -0.39 is 0 Å². The van der Waals surface area contributed by atoms with Crippen molar-refractivity contribution >= 4 is 0 Å². The van der Waals surface area contributed by atoms with Gasteiger partial charge in [0, 0.05) is 11.6 Å². The van der Waals surface area contributed by atoms with Crippen molar-refractivity contribution in [2.24, 2.45) is 0 Å². The molecule has 1 heterocycles. The Morgan fingerprint density at radius 3 is 2.61 bits per heavy atom. The van der Waals surface area contributed by atoms with E-state index in [0.717, 1.165) is 5.76 Å². The Hall–Kier alpha value is -1.65. The molecule has 0 radical (unpaired) electrons. The fourth-order valence-electron chi connectivity index (χ4n) is 1.79. The van der Waals surface area contributed by atoms with Gasteiger partial charge in [-0.05, 0) is 25.1 Å². The standard InChI is InChI=1S/C14H16FNO2/c1-10(13-4-2-3-5-14(13)15)16-8-11-6-7-12(9-17)18-11/h2-7,10,16-17H,8-9H2,1H3. The zero-order valence-corrected chi connectivity index (χ0v) is 10.2. The Kier molecular flexibility index (Phi) is 4.12. The first-order chi connectivity index (χ1) is 8.70. The van der Waals surface area contributed by atoms with Crippen molar-refractivity contribution < 1.29 is 13.9 Å². The summed E-state index contributed by atoms with van der Waals surface area (Å²) in [5, 5.41) is 12.1. The molecule has 0 amide bonds. The minimum absolute atomic E-state index is 0.103. The Morgan fingerprint density at radius 2 is 1.94 bits per heavy atom. The molecule has 1 unspecified atom stereocenters. The summed E-state index contributed by atoms with van der Waals surface area (Å²) in [6.07, 6.45) is 0. The molecular formula is C14H16FNO2. The molecular weight excluding hydrogens is 233 g/mol. The van der Waals surface area contributed by atoms with E-state index in [1.54, 1.807) is 24.3 Å². The van der Waals surface area contributed by atoms with Crippen LogP contribution in [0.25, 0.3) is 0 Å². The van der Waals surface area contributed by atoms with Crippen LogP contribution in [0.3, 0.4) is 0 Å². The van der Waals surface area contributed by atoms with Crippen molar-refractivity contribution in [2.75, 3.05) is 0 Å². The van der Waals surface area contributed by atoms with Gasteiger partial charge in [0.1, 0.15) is 23.9 Å². The zero-order valence-electron chi connectivity index (χ0n) is 10.2. The first-order valence-corrected chi connectivity index (χ1v) is 5.87. The number of furan rings is 1. The van der Waals surface area contributed by atoms with Crippen LogP contribution in [-0.4, -0.2) is 5.11 Å². The molecule has 3 nitrogen and oxygen atoms in total. The third kappa shape index (κ3) is 2.97. The smallest absolute Gasteiger partial charge is 0.129 e. The van der Waals surface area contributed by atoms with E-state index in [4.69, 9.17) is 9.52 Å². The Labute approximate surface area is 105 Å². The molecule has 2 N–H and O–H groups in total. The fraction of sp³-hybridized carbons (Fsp3) is 0.286. The highest BCUT2D eigenvalue weighted by molar-refractivity contribution is 5.20. The van der Waals surface area contributed by atoms with Crippen LogP contribution in [0.4, 0.5) is 4.39 Å². The second-order valence-electron chi connectivity index (χ2n) is 4.15. The number of hydrogen-bond donors (Lipinski definition) is 2. The van der Waals surface area contributed by atoms with Gasteiger partial charge in [0.25, 0.3) is 0 Å². The fourth-order valence-corrected chi connectivity index (χ4v) is 1.79. The van der Waals surface area contributed by atoms with Crippen molar-refractivity contribution in [1.82, 2.24) is 5.32 Å². The van der Waals surface area contributed by atoms with E-state index in [0.29, 0.717) is 17.9 Å². The molecule has 96 valence electrons. The molecule has 0 saturated carbocycles. The topological polar surface area (TPSA) is 45.4 Å². The quantitative estimate of drug-likeness (QED) is 0.856. The largest absolute Gasteiger partial charge is 0.462 e. The first-order valence-electron chi connectivity index (χ1n) is 5.87. The van der Waals surface area contributed by atoms with Gasteiger partial charge in [-0.3, -0.25) is 0 Å². The summed E-state index contributed by atoms with van der Waals surface area (Å²) in [6.45, 7) is 2.28. The van der Waals surface area contributed by atoms with Crippen LogP contribution in [0, 0.1) is 5.82 Å². The van der Waals surface area contributed by atoms with Crippen LogP contribution in [0.2, 0.25) is 0 Å². The van der Waals surface area contributed by atoms with E-state index >= 15 is 0 Å². The number of benzene rings is 1. The van der Waals surface area contributed by atoms with Crippen LogP contribution in [0.5, 0.6) is 0 Å². The molecule has 0 aliphatic heterocycles. The number of aliphatic hydroxyl groups is 1.